The van der Waals surface area contributed by atoms with Gasteiger partial charge in [0.15, 0.2) is 0 Å². The second-order valence-electron chi connectivity index (χ2n) is 4.79. The lowest BCUT2D eigenvalue weighted by atomic mass is 10.3. The average molecular weight is 322 g/mol. The van der Waals surface area contributed by atoms with Gasteiger partial charge in [-0.3, -0.25) is 9.59 Å². The van der Waals surface area contributed by atoms with Crippen LogP contribution in [0.2, 0.25) is 0 Å². The van der Waals surface area contributed by atoms with Crippen molar-refractivity contribution in [3.8, 4) is 0 Å². The Morgan fingerprint density at radius 2 is 2.22 bits per heavy atom. The third-order valence-electron chi connectivity index (χ3n) is 3.00. The summed E-state index contributed by atoms with van der Waals surface area (Å²) in [6, 6.07) is -0.140. The molecule has 2 N–H and O–H groups in total. The fourth-order valence-electron chi connectivity index (χ4n) is 2.02. The summed E-state index contributed by atoms with van der Waals surface area (Å²) in [5, 5.41) is 14.0. The zero-order valence-corrected chi connectivity index (χ0v) is 13.3. The number of imidazole rings is 1. The van der Waals surface area contributed by atoms with E-state index >= 15 is 0 Å². The molecule has 0 radical (unpaired) electrons. The lowest BCUT2D eigenvalue weighted by Gasteiger charge is -2.14. The van der Waals surface area contributed by atoms with Gasteiger partial charge in [0.1, 0.15) is 12.2 Å². The standard InChI is InChI=1S/C13H20N6O.CH2O2/c1-3-6-19-13(15-9-16-19)11(2)17-12(20)4-7-18-8-5-14-10-18;2-1-3/h5,8-11H,3-4,6-7H2,1-2H3,(H,17,20);1H,(H,2,3). The summed E-state index contributed by atoms with van der Waals surface area (Å²) in [6.07, 6.45) is 8.18. The third-order valence-corrected chi connectivity index (χ3v) is 3.00. The van der Waals surface area contributed by atoms with Crippen molar-refractivity contribution in [3.63, 3.8) is 0 Å². The minimum Gasteiger partial charge on any atom is -0.483 e. The molecule has 0 saturated carbocycles. The first-order valence-corrected chi connectivity index (χ1v) is 7.33. The van der Waals surface area contributed by atoms with E-state index in [1.807, 2.05) is 22.4 Å². The SMILES string of the molecule is CCCn1ncnc1C(C)NC(=O)CCn1ccnc1.O=CO. The van der Waals surface area contributed by atoms with Gasteiger partial charge in [-0.15, -0.1) is 0 Å². The number of hydrogen-bond donors (Lipinski definition) is 2. The summed E-state index contributed by atoms with van der Waals surface area (Å²) in [7, 11) is 0. The van der Waals surface area contributed by atoms with Crippen LogP contribution in [0.25, 0.3) is 0 Å². The molecule has 0 spiro atoms. The van der Waals surface area contributed by atoms with Crippen LogP contribution in [0, 0.1) is 0 Å². The van der Waals surface area contributed by atoms with E-state index < -0.39 is 0 Å². The molecule has 2 aromatic rings. The number of rotatable bonds is 7. The van der Waals surface area contributed by atoms with Crippen molar-refractivity contribution in [1.29, 1.82) is 0 Å². The molecule has 0 aliphatic rings. The molecule has 2 rings (SSSR count). The molecule has 1 amide bonds. The third kappa shape index (κ3) is 6.29. The van der Waals surface area contributed by atoms with Crippen molar-refractivity contribution in [2.24, 2.45) is 0 Å². The van der Waals surface area contributed by atoms with Crippen molar-refractivity contribution in [2.45, 2.75) is 45.8 Å². The van der Waals surface area contributed by atoms with Gasteiger partial charge in [0.05, 0.1) is 12.4 Å². The van der Waals surface area contributed by atoms with Crippen LogP contribution >= 0.6 is 0 Å². The number of nitrogens with zero attached hydrogens (tertiary/aromatic N) is 5. The molecule has 9 nitrogen and oxygen atoms in total. The minimum atomic E-state index is -0.250. The molecule has 1 unspecified atom stereocenters. The second kappa shape index (κ2) is 10.1. The van der Waals surface area contributed by atoms with Crippen LogP contribution in [0.4, 0.5) is 0 Å². The van der Waals surface area contributed by atoms with Crippen LogP contribution in [-0.2, 0) is 22.7 Å². The first-order valence-electron chi connectivity index (χ1n) is 7.33. The van der Waals surface area contributed by atoms with Crippen molar-refractivity contribution in [1.82, 2.24) is 29.6 Å². The maximum absolute atomic E-state index is 11.9. The van der Waals surface area contributed by atoms with E-state index in [1.165, 1.54) is 6.33 Å². The maximum atomic E-state index is 11.9. The van der Waals surface area contributed by atoms with E-state index in [-0.39, 0.29) is 18.4 Å². The van der Waals surface area contributed by atoms with Crippen LogP contribution in [0.1, 0.15) is 38.6 Å². The van der Waals surface area contributed by atoms with E-state index in [2.05, 4.69) is 27.3 Å². The summed E-state index contributed by atoms with van der Waals surface area (Å²) < 4.78 is 3.71. The summed E-state index contributed by atoms with van der Waals surface area (Å²) in [5.41, 5.74) is 0. The molecule has 0 aromatic carbocycles. The Hall–Kier alpha value is -2.71. The average Bonchev–Trinajstić information content (AvgIpc) is 3.17. The van der Waals surface area contributed by atoms with E-state index in [9.17, 15) is 4.79 Å². The Kier molecular flexibility index (Phi) is 8.04. The van der Waals surface area contributed by atoms with Gasteiger partial charge < -0.3 is 15.0 Å². The number of carbonyl (C=O) groups excluding carboxylic acids is 1. The molecule has 1 atom stereocenters. The molecule has 0 saturated heterocycles. The predicted molar refractivity (Wildman–Crippen MR) is 82.4 cm³/mol. The van der Waals surface area contributed by atoms with Crippen molar-refractivity contribution >= 4 is 12.4 Å². The van der Waals surface area contributed by atoms with E-state index in [0.29, 0.717) is 13.0 Å². The molecular formula is C14H22N6O3. The molecule has 0 aliphatic carbocycles. The maximum Gasteiger partial charge on any atom is 0.290 e. The summed E-state index contributed by atoms with van der Waals surface area (Å²) in [5.74, 6) is 0.792. The number of carbonyl (C=O) groups is 2. The van der Waals surface area contributed by atoms with Gasteiger partial charge in [-0.25, -0.2) is 14.6 Å². The smallest absolute Gasteiger partial charge is 0.290 e. The van der Waals surface area contributed by atoms with Crippen molar-refractivity contribution < 1.29 is 14.7 Å². The molecule has 0 bridgehead atoms. The van der Waals surface area contributed by atoms with Crippen LogP contribution in [-0.4, -0.2) is 41.8 Å². The quantitative estimate of drug-likeness (QED) is 0.730. The zero-order valence-electron chi connectivity index (χ0n) is 13.3. The molecule has 126 valence electrons. The van der Waals surface area contributed by atoms with Gasteiger partial charge in [-0.05, 0) is 13.3 Å². The zero-order chi connectivity index (χ0) is 17.1. The lowest BCUT2D eigenvalue weighted by Crippen LogP contribution is -2.29. The summed E-state index contributed by atoms with van der Waals surface area (Å²) in [4.78, 5) is 28.4. The number of aryl methyl sites for hydroxylation is 2. The monoisotopic (exact) mass is 322 g/mol. The highest BCUT2D eigenvalue weighted by molar-refractivity contribution is 5.76. The highest BCUT2D eigenvalue weighted by Gasteiger charge is 2.15. The van der Waals surface area contributed by atoms with Crippen LogP contribution in [0.15, 0.2) is 25.0 Å². The molecule has 0 aliphatic heterocycles. The number of amides is 1. The molecule has 0 fully saturated rings. The molecule has 23 heavy (non-hydrogen) atoms. The number of aromatic nitrogens is 5. The van der Waals surface area contributed by atoms with E-state index in [1.54, 1.807) is 12.5 Å². The first-order chi connectivity index (χ1) is 11.1. The Balaban J connectivity index is 0.000000816. The van der Waals surface area contributed by atoms with Gasteiger partial charge in [-0.2, -0.15) is 5.10 Å². The van der Waals surface area contributed by atoms with Gasteiger partial charge in [0, 0.05) is 31.9 Å². The highest BCUT2D eigenvalue weighted by Crippen LogP contribution is 2.09. The van der Waals surface area contributed by atoms with Gasteiger partial charge in [-0.1, -0.05) is 6.92 Å². The van der Waals surface area contributed by atoms with Crippen LogP contribution in [0.5, 0.6) is 0 Å². The largest absolute Gasteiger partial charge is 0.483 e. The minimum absolute atomic E-state index is 0.00255. The number of nitrogens with one attached hydrogen (secondary N) is 1. The molecule has 2 heterocycles. The van der Waals surface area contributed by atoms with Gasteiger partial charge >= 0.3 is 0 Å². The van der Waals surface area contributed by atoms with E-state index in [4.69, 9.17) is 9.90 Å². The normalized spacial score (nSPS) is 11.2. The fourth-order valence-corrected chi connectivity index (χ4v) is 2.02. The molecule has 2 aromatic heterocycles. The Morgan fingerprint density at radius 1 is 1.48 bits per heavy atom. The molecular weight excluding hydrogens is 300 g/mol. The second-order valence-corrected chi connectivity index (χ2v) is 4.79. The van der Waals surface area contributed by atoms with Crippen LogP contribution < -0.4 is 5.32 Å². The Morgan fingerprint density at radius 3 is 2.83 bits per heavy atom. The topological polar surface area (TPSA) is 115 Å². The van der Waals surface area contributed by atoms with Gasteiger partial charge in [0.25, 0.3) is 6.47 Å². The highest BCUT2D eigenvalue weighted by atomic mass is 16.3. The Labute approximate surface area is 134 Å². The van der Waals surface area contributed by atoms with Crippen LogP contribution in [0.3, 0.4) is 0 Å². The van der Waals surface area contributed by atoms with Gasteiger partial charge in [0.2, 0.25) is 5.91 Å². The lowest BCUT2D eigenvalue weighted by molar-refractivity contribution is -0.123. The fraction of sp³-hybridized carbons (Fsp3) is 0.500. The number of carboxylic acid groups (broad SMARTS) is 1. The number of hydrogen-bond acceptors (Lipinski definition) is 5. The first kappa shape index (κ1) is 18.3. The summed E-state index contributed by atoms with van der Waals surface area (Å²) in [6.45, 7) is 5.19. The summed E-state index contributed by atoms with van der Waals surface area (Å²) >= 11 is 0. The van der Waals surface area contributed by atoms with Crippen molar-refractivity contribution in [2.75, 3.05) is 0 Å². The molecule has 9 heteroatoms. The predicted octanol–water partition coefficient (Wildman–Crippen LogP) is 0.853. The van der Waals surface area contributed by atoms with E-state index in [0.717, 1.165) is 18.8 Å². The Bertz CT molecular complexity index is 581. The van der Waals surface area contributed by atoms with Crippen molar-refractivity contribution in [3.05, 3.63) is 30.9 Å².